The van der Waals surface area contributed by atoms with Crippen molar-refractivity contribution in [1.29, 1.82) is 0 Å². The van der Waals surface area contributed by atoms with E-state index in [2.05, 4.69) is 11.4 Å². The lowest BCUT2D eigenvalue weighted by Crippen LogP contribution is -2.54. The van der Waals surface area contributed by atoms with Gasteiger partial charge in [0.05, 0.1) is 12.0 Å². The topological polar surface area (TPSA) is 49.4 Å². The quantitative estimate of drug-likeness (QED) is 0.893. The zero-order valence-corrected chi connectivity index (χ0v) is 15.4. The monoisotopic (exact) mass is 352 g/mol. The van der Waals surface area contributed by atoms with Crippen LogP contribution >= 0.6 is 0 Å². The lowest BCUT2D eigenvalue weighted by Gasteiger charge is -2.46. The molecule has 4 rings (SSSR count). The fraction of sp³-hybridized carbons (Fsp3) is 0.545. The Morgan fingerprint density at radius 3 is 2.65 bits per heavy atom. The van der Waals surface area contributed by atoms with Crippen LogP contribution < -0.4 is 5.32 Å². The van der Waals surface area contributed by atoms with Crippen molar-refractivity contribution >= 4 is 11.8 Å². The molecule has 1 aromatic carbocycles. The number of hydrogen-bond acceptors (Lipinski definition) is 2. The number of amides is 2. The highest BCUT2D eigenvalue weighted by atomic mass is 16.2. The minimum atomic E-state index is -0.510. The first kappa shape index (κ1) is 17.3. The maximum Gasteiger partial charge on any atom is 0.232 e. The van der Waals surface area contributed by atoms with Crippen molar-refractivity contribution in [2.45, 2.75) is 70.4 Å². The summed E-state index contributed by atoms with van der Waals surface area (Å²) in [4.78, 5) is 27.9. The molecular formula is C22H28N2O2. The first-order valence-corrected chi connectivity index (χ1v) is 10.0. The molecule has 2 amide bonds. The summed E-state index contributed by atoms with van der Waals surface area (Å²) in [5.41, 5.74) is 1.56. The first-order chi connectivity index (χ1) is 12.7. The molecule has 1 aromatic rings. The summed E-state index contributed by atoms with van der Waals surface area (Å²) in [7, 11) is 0. The van der Waals surface area contributed by atoms with Gasteiger partial charge in [0.1, 0.15) is 0 Å². The molecule has 1 aliphatic heterocycles. The van der Waals surface area contributed by atoms with Crippen molar-refractivity contribution < 1.29 is 9.59 Å². The standard InChI is InChI=1S/C22H28N2O2/c25-20-13-15-22(21(26)23-18-10-4-5-11-18)14-7-6-12-19(22)24(20)16-17-8-2-1-3-9-17/h1-3,8-9,12,18H,4-7,10-11,13-16H2,(H,23,26). The van der Waals surface area contributed by atoms with Gasteiger partial charge in [0.2, 0.25) is 11.8 Å². The van der Waals surface area contributed by atoms with E-state index in [4.69, 9.17) is 0 Å². The van der Waals surface area contributed by atoms with Crippen LogP contribution in [-0.2, 0) is 16.1 Å². The Morgan fingerprint density at radius 2 is 1.88 bits per heavy atom. The molecule has 4 heteroatoms. The summed E-state index contributed by atoms with van der Waals surface area (Å²) in [5, 5.41) is 3.32. The van der Waals surface area contributed by atoms with Crippen molar-refractivity contribution in [2.24, 2.45) is 5.41 Å². The summed E-state index contributed by atoms with van der Waals surface area (Å²) < 4.78 is 0. The Balaban J connectivity index is 1.61. The van der Waals surface area contributed by atoms with E-state index in [1.165, 1.54) is 12.8 Å². The molecule has 3 aliphatic rings. The molecule has 1 saturated heterocycles. The second-order valence-electron chi connectivity index (χ2n) is 7.98. The van der Waals surface area contributed by atoms with E-state index in [0.29, 0.717) is 25.4 Å². The van der Waals surface area contributed by atoms with E-state index >= 15 is 0 Å². The Labute approximate surface area is 155 Å². The molecule has 0 bridgehead atoms. The molecule has 0 spiro atoms. The molecule has 2 fully saturated rings. The second-order valence-corrected chi connectivity index (χ2v) is 7.98. The number of carbonyl (C=O) groups is 2. The van der Waals surface area contributed by atoms with Crippen LogP contribution in [0.2, 0.25) is 0 Å². The fourth-order valence-corrected chi connectivity index (χ4v) is 4.85. The van der Waals surface area contributed by atoms with Crippen LogP contribution in [0.15, 0.2) is 42.1 Å². The average Bonchev–Trinajstić information content (AvgIpc) is 3.18. The van der Waals surface area contributed by atoms with Gasteiger partial charge >= 0.3 is 0 Å². The zero-order valence-electron chi connectivity index (χ0n) is 15.4. The summed E-state index contributed by atoms with van der Waals surface area (Å²) in [6.45, 7) is 0.559. The number of nitrogens with zero attached hydrogens (tertiary/aromatic N) is 1. The minimum absolute atomic E-state index is 0.145. The predicted octanol–water partition coefficient (Wildman–Crippen LogP) is 3.92. The number of allylic oxidation sites excluding steroid dienone is 1. The molecular weight excluding hydrogens is 324 g/mol. The van der Waals surface area contributed by atoms with Crippen molar-refractivity contribution in [3.8, 4) is 0 Å². The van der Waals surface area contributed by atoms with Gasteiger partial charge in [-0.05, 0) is 44.1 Å². The van der Waals surface area contributed by atoms with Crippen LogP contribution in [0.3, 0.4) is 0 Å². The number of likely N-dealkylation sites (tertiary alicyclic amines) is 1. The van der Waals surface area contributed by atoms with Crippen LogP contribution in [0, 0.1) is 5.41 Å². The van der Waals surface area contributed by atoms with E-state index in [1.54, 1.807) is 0 Å². The lowest BCUT2D eigenvalue weighted by atomic mass is 9.69. The third-order valence-corrected chi connectivity index (χ3v) is 6.30. The summed E-state index contributed by atoms with van der Waals surface area (Å²) >= 11 is 0. The number of carbonyl (C=O) groups excluding carboxylic acids is 2. The van der Waals surface area contributed by atoms with E-state index in [0.717, 1.165) is 43.4 Å². The van der Waals surface area contributed by atoms with Gasteiger partial charge in [-0.3, -0.25) is 9.59 Å². The third-order valence-electron chi connectivity index (χ3n) is 6.30. The van der Waals surface area contributed by atoms with Gasteiger partial charge in [-0.1, -0.05) is 49.2 Å². The maximum absolute atomic E-state index is 13.3. The van der Waals surface area contributed by atoms with Gasteiger partial charge in [-0.15, -0.1) is 0 Å². The Hall–Kier alpha value is -2.10. The van der Waals surface area contributed by atoms with Gasteiger partial charge < -0.3 is 10.2 Å². The smallest absolute Gasteiger partial charge is 0.232 e. The molecule has 138 valence electrons. The SMILES string of the molecule is O=C1CCC2(C(=O)NC3CCCC3)CCCC=C2N1Cc1ccccc1. The Kier molecular flexibility index (Phi) is 4.84. The van der Waals surface area contributed by atoms with Crippen LogP contribution in [0.25, 0.3) is 0 Å². The van der Waals surface area contributed by atoms with Crippen LogP contribution in [0.4, 0.5) is 0 Å². The van der Waals surface area contributed by atoms with Crippen LogP contribution in [0.5, 0.6) is 0 Å². The lowest BCUT2D eigenvalue weighted by molar-refractivity contribution is -0.141. The molecule has 1 unspecified atom stereocenters. The van der Waals surface area contributed by atoms with Crippen molar-refractivity contribution in [2.75, 3.05) is 0 Å². The molecule has 1 heterocycles. The molecule has 0 radical (unpaired) electrons. The Morgan fingerprint density at radius 1 is 1.12 bits per heavy atom. The van der Waals surface area contributed by atoms with Gasteiger partial charge in [0.25, 0.3) is 0 Å². The van der Waals surface area contributed by atoms with Crippen LogP contribution in [0.1, 0.15) is 63.4 Å². The van der Waals surface area contributed by atoms with Gasteiger partial charge in [-0.2, -0.15) is 0 Å². The highest BCUT2D eigenvalue weighted by molar-refractivity contribution is 5.91. The molecule has 26 heavy (non-hydrogen) atoms. The molecule has 1 N–H and O–H groups in total. The zero-order chi connectivity index (χ0) is 18.0. The van der Waals surface area contributed by atoms with Gasteiger partial charge in [-0.25, -0.2) is 0 Å². The minimum Gasteiger partial charge on any atom is -0.353 e. The predicted molar refractivity (Wildman–Crippen MR) is 101 cm³/mol. The highest BCUT2D eigenvalue weighted by Gasteiger charge is 2.49. The molecule has 1 saturated carbocycles. The highest BCUT2D eigenvalue weighted by Crippen LogP contribution is 2.47. The second kappa shape index (κ2) is 7.26. The Bertz CT molecular complexity index is 706. The number of benzene rings is 1. The van der Waals surface area contributed by atoms with Gasteiger partial charge in [0.15, 0.2) is 0 Å². The van der Waals surface area contributed by atoms with E-state index in [9.17, 15) is 9.59 Å². The summed E-state index contributed by atoms with van der Waals surface area (Å²) in [6.07, 6.45) is 10.7. The van der Waals surface area contributed by atoms with E-state index in [-0.39, 0.29) is 11.8 Å². The maximum atomic E-state index is 13.3. The number of nitrogens with one attached hydrogen (secondary N) is 1. The van der Waals surface area contributed by atoms with Crippen molar-refractivity contribution in [1.82, 2.24) is 10.2 Å². The van der Waals surface area contributed by atoms with Crippen LogP contribution in [-0.4, -0.2) is 22.8 Å². The fourth-order valence-electron chi connectivity index (χ4n) is 4.85. The average molecular weight is 352 g/mol. The van der Waals surface area contributed by atoms with Gasteiger partial charge in [0, 0.05) is 18.2 Å². The molecule has 2 aliphatic carbocycles. The first-order valence-electron chi connectivity index (χ1n) is 10.0. The number of piperidine rings is 1. The third kappa shape index (κ3) is 3.17. The van der Waals surface area contributed by atoms with Crippen molar-refractivity contribution in [3.63, 3.8) is 0 Å². The number of hydrogen-bond donors (Lipinski definition) is 1. The normalized spacial score (nSPS) is 26.4. The number of fused-ring (bicyclic) bond motifs is 1. The number of rotatable bonds is 4. The largest absolute Gasteiger partial charge is 0.353 e. The molecule has 4 nitrogen and oxygen atoms in total. The summed E-state index contributed by atoms with van der Waals surface area (Å²) in [6, 6.07) is 10.4. The van der Waals surface area contributed by atoms with E-state index in [1.807, 2.05) is 35.2 Å². The molecule has 1 atom stereocenters. The molecule has 0 aromatic heterocycles. The summed E-state index contributed by atoms with van der Waals surface area (Å²) in [5.74, 6) is 0.298. The van der Waals surface area contributed by atoms with Crippen molar-refractivity contribution in [3.05, 3.63) is 47.7 Å². The van der Waals surface area contributed by atoms with E-state index < -0.39 is 5.41 Å².